The minimum absolute atomic E-state index is 0.0228. The number of hydrogen-bond donors (Lipinski definition) is 2. The number of benzene rings is 2. The van der Waals surface area contributed by atoms with Gasteiger partial charge in [0.2, 0.25) is 11.8 Å². The third-order valence-electron chi connectivity index (χ3n) is 3.52. The molecule has 0 saturated heterocycles. The van der Waals surface area contributed by atoms with Gasteiger partial charge in [-0.05, 0) is 17.9 Å². The van der Waals surface area contributed by atoms with E-state index in [1.54, 1.807) is 6.07 Å². The van der Waals surface area contributed by atoms with Gasteiger partial charge in [0.25, 0.3) is 0 Å². The molecule has 0 bridgehead atoms. The highest BCUT2D eigenvalue weighted by atomic mass is 32.2. The molecule has 2 aromatic carbocycles. The highest BCUT2D eigenvalue weighted by molar-refractivity contribution is 7.90. The van der Waals surface area contributed by atoms with Gasteiger partial charge in [0, 0.05) is 24.3 Å². The Morgan fingerprint density at radius 3 is 2.42 bits per heavy atom. The molecule has 6 nitrogen and oxygen atoms in total. The second-order valence-corrected chi connectivity index (χ2v) is 7.95. The van der Waals surface area contributed by atoms with Crippen LogP contribution in [0.15, 0.2) is 42.5 Å². The van der Waals surface area contributed by atoms with Crippen LogP contribution in [0.25, 0.3) is 10.8 Å². The van der Waals surface area contributed by atoms with Crippen molar-refractivity contribution in [1.82, 2.24) is 5.32 Å². The van der Waals surface area contributed by atoms with Crippen molar-refractivity contribution in [3.8, 4) is 0 Å². The summed E-state index contributed by atoms with van der Waals surface area (Å²) in [7, 11) is -3.23. The number of hydrogen-bond acceptors (Lipinski definition) is 4. The summed E-state index contributed by atoms with van der Waals surface area (Å²) >= 11 is 0. The van der Waals surface area contributed by atoms with Gasteiger partial charge in [0.1, 0.15) is 15.9 Å². The van der Waals surface area contributed by atoms with Crippen molar-refractivity contribution < 1.29 is 18.0 Å². The first-order chi connectivity index (χ1) is 11.3. The maximum atomic E-state index is 12.5. The lowest BCUT2D eigenvalue weighted by Crippen LogP contribution is -2.43. The van der Waals surface area contributed by atoms with Gasteiger partial charge < -0.3 is 10.6 Å². The highest BCUT2D eigenvalue weighted by Crippen LogP contribution is 2.23. The topological polar surface area (TPSA) is 92.3 Å². The van der Waals surface area contributed by atoms with Crippen LogP contribution in [-0.4, -0.2) is 38.3 Å². The van der Waals surface area contributed by atoms with Crippen LogP contribution < -0.4 is 10.6 Å². The fourth-order valence-corrected chi connectivity index (χ4v) is 3.06. The maximum absolute atomic E-state index is 12.5. The Bertz CT molecular complexity index is 857. The Labute approximate surface area is 141 Å². The van der Waals surface area contributed by atoms with Crippen LogP contribution in [0.1, 0.15) is 13.3 Å². The maximum Gasteiger partial charge on any atom is 0.246 e. The Balaban J connectivity index is 2.20. The van der Waals surface area contributed by atoms with Crippen LogP contribution in [0.5, 0.6) is 0 Å². The van der Waals surface area contributed by atoms with Crippen LogP contribution in [0.2, 0.25) is 0 Å². The van der Waals surface area contributed by atoms with E-state index in [-0.39, 0.29) is 18.1 Å². The van der Waals surface area contributed by atoms with Gasteiger partial charge in [-0.15, -0.1) is 0 Å². The molecule has 0 aliphatic rings. The lowest BCUT2D eigenvalue weighted by molar-refractivity contribution is -0.125. The SMILES string of the molecule is CC(=O)N[C@H](CCS(C)(=O)=O)C(=O)Nc1cccc2ccccc12. The third kappa shape index (κ3) is 5.06. The zero-order chi connectivity index (χ0) is 17.7. The molecule has 0 unspecified atom stereocenters. The average Bonchev–Trinajstić information content (AvgIpc) is 2.50. The second kappa shape index (κ2) is 7.44. The van der Waals surface area contributed by atoms with Gasteiger partial charge in [-0.2, -0.15) is 0 Å². The second-order valence-electron chi connectivity index (χ2n) is 5.69. The summed E-state index contributed by atoms with van der Waals surface area (Å²) in [6.45, 7) is 1.29. The van der Waals surface area contributed by atoms with Gasteiger partial charge in [-0.25, -0.2) is 8.42 Å². The Morgan fingerprint density at radius 1 is 1.08 bits per heavy atom. The van der Waals surface area contributed by atoms with E-state index in [4.69, 9.17) is 0 Å². The van der Waals surface area contributed by atoms with Crippen LogP contribution in [0.3, 0.4) is 0 Å². The Hall–Kier alpha value is -2.41. The van der Waals surface area contributed by atoms with E-state index < -0.39 is 21.8 Å². The number of anilines is 1. The normalized spacial score (nSPS) is 12.6. The van der Waals surface area contributed by atoms with E-state index >= 15 is 0 Å². The molecule has 2 aromatic rings. The molecule has 0 aromatic heterocycles. The van der Waals surface area contributed by atoms with Crippen molar-refractivity contribution in [2.75, 3.05) is 17.3 Å². The summed E-state index contributed by atoms with van der Waals surface area (Å²) in [5.41, 5.74) is 0.618. The molecule has 0 saturated carbocycles. The Morgan fingerprint density at radius 2 is 1.75 bits per heavy atom. The van der Waals surface area contributed by atoms with E-state index in [2.05, 4.69) is 10.6 Å². The monoisotopic (exact) mass is 348 g/mol. The van der Waals surface area contributed by atoms with E-state index in [0.717, 1.165) is 17.0 Å². The van der Waals surface area contributed by atoms with Crippen molar-refractivity contribution in [3.63, 3.8) is 0 Å². The van der Waals surface area contributed by atoms with Crippen LogP contribution in [0, 0.1) is 0 Å². The quantitative estimate of drug-likeness (QED) is 0.831. The molecule has 0 fully saturated rings. The number of carbonyl (C=O) groups excluding carboxylic acids is 2. The molecule has 2 rings (SSSR count). The molecule has 0 spiro atoms. The number of amides is 2. The number of rotatable bonds is 6. The molecular formula is C17H20N2O4S. The molecule has 128 valence electrons. The first kappa shape index (κ1) is 17.9. The fourth-order valence-electron chi connectivity index (χ4n) is 2.40. The lowest BCUT2D eigenvalue weighted by atomic mass is 10.1. The smallest absolute Gasteiger partial charge is 0.246 e. The zero-order valence-corrected chi connectivity index (χ0v) is 14.4. The first-order valence-corrected chi connectivity index (χ1v) is 9.56. The predicted octanol–water partition coefficient (Wildman–Crippen LogP) is 1.72. The molecule has 2 amide bonds. The van der Waals surface area contributed by atoms with Crippen LogP contribution in [0.4, 0.5) is 5.69 Å². The van der Waals surface area contributed by atoms with Gasteiger partial charge in [-0.3, -0.25) is 9.59 Å². The predicted molar refractivity (Wildman–Crippen MR) is 94.5 cm³/mol. The van der Waals surface area contributed by atoms with Crippen molar-refractivity contribution in [2.24, 2.45) is 0 Å². The van der Waals surface area contributed by atoms with Crippen molar-refractivity contribution in [2.45, 2.75) is 19.4 Å². The molecule has 2 N–H and O–H groups in total. The highest BCUT2D eigenvalue weighted by Gasteiger charge is 2.21. The van der Waals surface area contributed by atoms with Crippen LogP contribution >= 0.6 is 0 Å². The summed E-state index contributed by atoms with van der Waals surface area (Å²) in [6.07, 6.45) is 1.12. The molecule has 7 heteroatoms. The van der Waals surface area contributed by atoms with Crippen molar-refractivity contribution in [3.05, 3.63) is 42.5 Å². The van der Waals surface area contributed by atoms with E-state index in [1.807, 2.05) is 36.4 Å². The van der Waals surface area contributed by atoms with Gasteiger partial charge in [0.05, 0.1) is 5.75 Å². The molecule has 0 radical (unpaired) electrons. The molecule has 0 aliphatic carbocycles. The zero-order valence-electron chi connectivity index (χ0n) is 13.6. The minimum atomic E-state index is -3.23. The van der Waals surface area contributed by atoms with E-state index in [0.29, 0.717) is 5.69 Å². The summed E-state index contributed by atoms with van der Waals surface area (Å²) in [5, 5.41) is 7.13. The molecule has 24 heavy (non-hydrogen) atoms. The standard InChI is InChI=1S/C17H20N2O4S/c1-12(20)18-16(10-11-24(2,22)23)17(21)19-15-9-5-7-13-6-3-4-8-14(13)15/h3-9,16H,10-11H2,1-2H3,(H,18,20)(H,19,21)/t16-/m1/s1. The molecule has 0 heterocycles. The summed E-state index contributed by atoms with van der Waals surface area (Å²) < 4.78 is 22.7. The molecule has 0 aliphatic heterocycles. The fraction of sp³-hybridized carbons (Fsp3) is 0.294. The Kier molecular flexibility index (Phi) is 5.56. The molecular weight excluding hydrogens is 328 g/mol. The van der Waals surface area contributed by atoms with Crippen LogP contribution in [-0.2, 0) is 19.4 Å². The number of carbonyl (C=O) groups is 2. The van der Waals surface area contributed by atoms with Gasteiger partial charge >= 0.3 is 0 Å². The number of fused-ring (bicyclic) bond motifs is 1. The first-order valence-electron chi connectivity index (χ1n) is 7.50. The summed E-state index contributed by atoms with van der Waals surface area (Å²) in [6, 6.07) is 12.2. The van der Waals surface area contributed by atoms with E-state index in [9.17, 15) is 18.0 Å². The number of nitrogens with one attached hydrogen (secondary N) is 2. The van der Waals surface area contributed by atoms with Gasteiger partial charge in [0.15, 0.2) is 0 Å². The van der Waals surface area contributed by atoms with Crippen molar-refractivity contribution >= 4 is 38.1 Å². The minimum Gasteiger partial charge on any atom is -0.345 e. The van der Waals surface area contributed by atoms with Crippen molar-refractivity contribution in [1.29, 1.82) is 0 Å². The molecule has 1 atom stereocenters. The summed E-state index contributed by atoms with van der Waals surface area (Å²) in [4.78, 5) is 23.8. The average molecular weight is 348 g/mol. The number of sulfone groups is 1. The van der Waals surface area contributed by atoms with E-state index in [1.165, 1.54) is 6.92 Å². The summed E-state index contributed by atoms with van der Waals surface area (Å²) in [5.74, 6) is -1.01. The van der Waals surface area contributed by atoms with Gasteiger partial charge in [-0.1, -0.05) is 36.4 Å². The third-order valence-corrected chi connectivity index (χ3v) is 4.50. The lowest BCUT2D eigenvalue weighted by Gasteiger charge is -2.18. The largest absolute Gasteiger partial charge is 0.345 e.